The number of aromatic nitrogens is 1. The van der Waals surface area contributed by atoms with Crippen molar-refractivity contribution in [2.45, 2.75) is 64.5 Å². The van der Waals surface area contributed by atoms with Crippen LogP contribution in [0.25, 0.3) is 10.8 Å². The number of rotatable bonds is 5. The van der Waals surface area contributed by atoms with E-state index in [1.54, 1.807) is 0 Å². The number of carbonyl (C=O) groups is 1. The average Bonchev–Trinajstić information content (AvgIpc) is 3.31. The Labute approximate surface area is 178 Å². The summed E-state index contributed by atoms with van der Waals surface area (Å²) in [6.07, 6.45) is 6.50. The molecular formula is C26H31NO3. The predicted molar refractivity (Wildman–Crippen MR) is 120 cm³/mol. The molecule has 1 fully saturated rings. The van der Waals surface area contributed by atoms with Gasteiger partial charge in [-0.25, -0.2) is 0 Å². The van der Waals surface area contributed by atoms with Crippen LogP contribution < -0.4 is 0 Å². The van der Waals surface area contributed by atoms with E-state index in [2.05, 4.69) is 24.3 Å². The number of aromatic hydroxyl groups is 1. The predicted octanol–water partition coefficient (Wildman–Crippen LogP) is 6.01. The van der Waals surface area contributed by atoms with Gasteiger partial charge in [-0.15, -0.1) is 0 Å². The lowest BCUT2D eigenvalue weighted by molar-refractivity contribution is -0.158. The van der Waals surface area contributed by atoms with Gasteiger partial charge in [0.05, 0.1) is 12.5 Å². The molecule has 4 rings (SSSR count). The van der Waals surface area contributed by atoms with Gasteiger partial charge in [0.15, 0.2) is 5.88 Å². The fraction of sp³-hybridized carbons (Fsp3) is 0.423. The minimum atomic E-state index is -0.484. The normalized spacial score (nSPS) is 16.1. The zero-order valence-electron chi connectivity index (χ0n) is 18.1. The van der Waals surface area contributed by atoms with Gasteiger partial charge in [-0.05, 0) is 56.7 Å². The third-order valence-electron chi connectivity index (χ3n) is 5.99. The Morgan fingerprint density at radius 1 is 1.10 bits per heavy atom. The van der Waals surface area contributed by atoms with Crippen molar-refractivity contribution in [3.63, 3.8) is 0 Å². The zero-order valence-corrected chi connectivity index (χ0v) is 18.1. The molecule has 2 aromatic carbocycles. The number of hydrogen-bond donors (Lipinski definition) is 1. The van der Waals surface area contributed by atoms with Crippen molar-refractivity contribution in [1.82, 2.24) is 4.57 Å². The first-order valence-corrected chi connectivity index (χ1v) is 10.9. The maximum atomic E-state index is 13.0. The number of fused-ring (bicyclic) bond motifs is 1. The van der Waals surface area contributed by atoms with Gasteiger partial charge in [-0.1, -0.05) is 55.3 Å². The summed E-state index contributed by atoms with van der Waals surface area (Å²) < 4.78 is 7.63. The van der Waals surface area contributed by atoms with Crippen LogP contribution in [-0.2, 0) is 16.1 Å². The van der Waals surface area contributed by atoms with Crippen LogP contribution in [-0.4, -0.2) is 21.2 Å². The molecule has 1 heterocycles. The van der Waals surface area contributed by atoms with Gasteiger partial charge in [0.2, 0.25) is 0 Å². The summed E-state index contributed by atoms with van der Waals surface area (Å²) in [5.41, 5.74) is 1.63. The van der Waals surface area contributed by atoms with Crippen LogP contribution in [0.2, 0.25) is 0 Å². The molecule has 1 atom stereocenters. The van der Waals surface area contributed by atoms with E-state index in [0.717, 1.165) is 34.7 Å². The van der Waals surface area contributed by atoms with Crippen LogP contribution in [0.15, 0.2) is 54.7 Å². The standard InChI is InChI=1S/C26H31NO3/c1-26(2,3)30-25(29)23(19-8-4-5-9-19)20-14-12-18(13-15-20)16-27-17-21-10-6-7-11-22(21)24(27)28/h6-7,10-15,17,19,23,28H,4-5,8-9,16H2,1-3H3. The number of ether oxygens (including phenoxy) is 1. The number of benzene rings is 2. The van der Waals surface area contributed by atoms with Crippen LogP contribution in [0.1, 0.15) is 63.5 Å². The Morgan fingerprint density at radius 2 is 1.77 bits per heavy atom. The Bertz CT molecular complexity index is 1020. The summed E-state index contributed by atoms with van der Waals surface area (Å²) in [6, 6.07) is 16.1. The van der Waals surface area contributed by atoms with E-state index in [9.17, 15) is 9.90 Å². The third-order valence-corrected chi connectivity index (χ3v) is 5.99. The number of esters is 1. The van der Waals surface area contributed by atoms with Gasteiger partial charge in [0.1, 0.15) is 5.60 Å². The molecule has 0 bridgehead atoms. The topological polar surface area (TPSA) is 51.5 Å². The van der Waals surface area contributed by atoms with Crippen LogP contribution in [0.3, 0.4) is 0 Å². The van der Waals surface area contributed by atoms with Crippen molar-refractivity contribution in [3.8, 4) is 5.88 Å². The summed E-state index contributed by atoms with van der Waals surface area (Å²) in [7, 11) is 0. The van der Waals surface area contributed by atoms with Gasteiger partial charge in [-0.2, -0.15) is 0 Å². The van der Waals surface area contributed by atoms with E-state index in [1.165, 1.54) is 12.8 Å². The molecule has 158 valence electrons. The maximum Gasteiger partial charge on any atom is 0.314 e. The second kappa shape index (κ2) is 8.17. The van der Waals surface area contributed by atoms with Crippen LogP contribution in [0, 0.1) is 5.92 Å². The highest BCUT2D eigenvalue weighted by Gasteiger charge is 2.35. The molecule has 0 saturated heterocycles. The summed E-state index contributed by atoms with van der Waals surface area (Å²) in [5, 5.41) is 12.4. The highest BCUT2D eigenvalue weighted by molar-refractivity contribution is 5.87. The minimum Gasteiger partial charge on any atom is -0.494 e. The largest absolute Gasteiger partial charge is 0.494 e. The molecule has 4 heteroatoms. The van der Waals surface area contributed by atoms with E-state index < -0.39 is 5.60 Å². The Morgan fingerprint density at radius 3 is 2.40 bits per heavy atom. The maximum absolute atomic E-state index is 13.0. The summed E-state index contributed by atoms with van der Waals surface area (Å²) in [4.78, 5) is 13.0. The first-order chi connectivity index (χ1) is 14.3. The molecule has 4 nitrogen and oxygen atoms in total. The molecule has 0 aliphatic heterocycles. The van der Waals surface area contributed by atoms with Crippen LogP contribution in [0.4, 0.5) is 0 Å². The van der Waals surface area contributed by atoms with Crippen molar-refractivity contribution in [3.05, 3.63) is 65.9 Å². The lowest BCUT2D eigenvalue weighted by atomic mass is 9.84. The monoisotopic (exact) mass is 405 g/mol. The molecule has 0 radical (unpaired) electrons. The molecule has 0 amide bonds. The molecule has 1 aliphatic carbocycles. The molecule has 3 aromatic rings. The summed E-state index contributed by atoms with van der Waals surface area (Å²) >= 11 is 0. The lowest BCUT2D eigenvalue weighted by Crippen LogP contribution is -2.30. The van der Waals surface area contributed by atoms with Gasteiger partial charge in [0, 0.05) is 17.0 Å². The quantitative estimate of drug-likeness (QED) is 0.529. The first kappa shape index (κ1) is 20.5. The van der Waals surface area contributed by atoms with Gasteiger partial charge in [-0.3, -0.25) is 4.79 Å². The van der Waals surface area contributed by atoms with Crippen molar-refractivity contribution in [1.29, 1.82) is 0 Å². The van der Waals surface area contributed by atoms with Crippen LogP contribution in [0.5, 0.6) is 5.88 Å². The first-order valence-electron chi connectivity index (χ1n) is 10.9. The lowest BCUT2D eigenvalue weighted by Gasteiger charge is -2.27. The SMILES string of the molecule is CC(C)(C)OC(=O)C(c1ccc(Cn2cc3ccccc3c2O)cc1)C1CCCC1. The third kappa shape index (κ3) is 4.38. The van der Waals surface area contributed by atoms with E-state index in [4.69, 9.17) is 4.74 Å². The van der Waals surface area contributed by atoms with Crippen molar-refractivity contribution in [2.24, 2.45) is 5.92 Å². The second-order valence-electron chi connectivity index (χ2n) is 9.47. The van der Waals surface area contributed by atoms with E-state index in [-0.39, 0.29) is 17.8 Å². The Kier molecular flexibility index (Phi) is 5.59. The minimum absolute atomic E-state index is 0.114. The van der Waals surface area contributed by atoms with Gasteiger partial charge in [0.25, 0.3) is 0 Å². The molecule has 1 aliphatic rings. The molecular weight excluding hydrogens is 374 g/mol. The highest BCUT2D eigenvalue weighted by Crippen LogP contribution is 2.39. The number of hydrogen-bond acceptors (Lipinski definition) is 3. The van der Waals surface area contributed by atoms with Crippen LogP contribution >= 0.6 is 0 Å². The van der Waals surface area contributed by atoms with E-state index >= 15 is 0 Å². The average molecular weight is 406 g/mol. The smallest absolute Gasteiger partial charge is 0.314 e. The molecule has 1 aromatic heterocycles. The highest BCUT2D eigenvalue weighted by atomic mass is 16.6. The van der Waals surface area contributed by atoms with Crippen molar-refractivity contribution in [2.75, 3.05) is 0 Å². The molecule has 1 unspecified atom stereocenters. The molecule has 1 N–H and O–H groups in total. The zero-order chi connectivity index (χ0) is 21.3. The fourth-order valence-electron chi connectivity index (χ4n) is 4.60. The van der Waals surface area contributed by atoms with Crippen molar-refractivity contribution >= 4 is 16.7 Å². The van der Waals surface area contributed by atoms with Crippen molar-refractivity contribution < 1.29 is 14.6 Å². The Balaban J connectivity index is 1.56. The van der Waals surface area contributed by atoms with E-state index in [0.29, 0.717) is 12.5 Å². The fourth-order valence-corrected chi connectivity index (χ4v) is 4.60. The number of nitrogens with zero attached hydrogens (tertiary/aromatic N) is 1. The number of carbonyl (C=O) groups excluding carboxylic acids is 1. The van der Waals surface area contributed by atoms with Gasteiger partial charge >= 0.3 is 5.97 Å². The molecule has 1 saturated carbocycles. The summed E-state index contributed by atoms with van der Waals surface area (Å²) in [5.74, 6) is 0.316. The second-order valence-corrected chi connectivity index (χ2v) is 9.47. The Hall–Kier alpha value is -2.75. The molecule has 0 spiro atoms. The van der Waals surface area contributed by atoms with Gasteiger partial charge < -0.3 is 14.4 Å². The molecule has 30 heavy (non-hydrogen) atoms. The summed E-state index contributed by atoms with van der Waals surface area (Å²) in [6.45, 7) is 6.36. The van der Waals surface area contributed by atoms with E-state index in [1.807, 2.05) is 55.8 Å².